The fraction of sp³-hybridized carbons (Fsp3) is 0.533. The number of hydrogen-bond donors (Lipinski definition) is 2. The van der Waals surface area contributed by atoms with Crippen LogP contribution in [-0.4, -0.2) is 22.0 Å². The lowest BCUT2D eigenvalue weighted by molar-refractivity contribution is -0.144. The fourth-order valence-corrected chi connectivity index (χ4v) is 2.70. The van der Waals surface area contributed by atoms with Gasteiger partial charge >= 0.3 is 5.97 Å². The van der Waals surface area contributed by atoms with Crippen LogP contribution in [0.15, 0.2) is 24.5 Å². The van der Waals surface area contributed by atoms with Crippen LogP contribution in [0.1, 0.15) is 44.2 Å². The third-order valence-corrected chi connectivity index (χ3v) is 3.94. The van der Waals surface area contributed by atoms with Crippen molar-refractivity contribution in [2.24, 2.45) is 11.8 Å². The van der Waals surface area contributed by atoms with Crippen LogP contribution in [0.2, 0.25) is 0 Å². The van der Waals surface area contributed by atoms with Crippen molar-refractivity contribution in [2.45, 2.75) is 38.6 Å². The molecule has 1 aromatic heterocycles. The first-order valence-electron chi connectivity index (χ1n) is 7.01. The summed E-state index contributed by atoms with van der Waals surface area (Å²) in [5, 5.41) is 12.0. The number of carboxylic acids is 1. The van der Waals surface area contributed by atoms with Crippen molar-refractivity contribution < 1.29 is 14.7 Å². The molecule has 1 saturated carbocycles. The average molecular weight is 276 g/mol. The lowest BCUT2D eigenvalue weighted by atomic mass is 9.81. The summed E-state index contributed by atoms with van der Waals surface area (Å²) in [6.07, 6.45) is 6.12. The molecule has 1 amide bonds. The molecule has 0 aromatic carbocycles. The molecule has 0 saturated heterocycles. The molecule has 3 atom stereocenters. The summed E-state index contributed by atoms with van der Waals surface area (Å²) < 4.78 is 0. The monoisotopic (exact) mass is 276 g/mol. The Labute approximate surface area is 118 Å². The highest BCUT2D eigenvalue weighted by atomic mass is 16.4. The molecular formula is C15H20N2O3. The van der Waals surface area contributed by atoms with Gasteiger partial charge in [0.25, 0.3) is 0 Å². The third-order valence-electron chi connectivity index (χ3n) is 3.94. The molecule has 0 bridgehead atoms. The second-order valence-electron chi connectivity index (χ2n) is 5.42. The summed E-state index contributed by atoms with van der Waals surface area (Å²) in [4.78, 5) is 27.3. The highest BCUT2D eigenvalue weighted by Crippen LogP contribution is 2.29. The molecule has 2 N–H and O–H groups in total. The number of carboxylic acid groups (broad SMARTS) is 1. The van der Waals surface area contributed by atoms with Gasteiger partial charge in [-0.2, -0.15) is 0 Å². The minimum Gasteiger partial charge on any atom is -0.481 e. The molecule has 0 spiro atoms. The van der Waals surface area contributed by atoms with Crippen molar-refractivity contribution in [1.29, 1.82) is 0 Å². The number of hydrogen-bond acceptors (Lipinski definition) is 3. The molecule has 0 radical (unpaired) electrons. The Hall–Kier alpha value is -1.91. The summed E-state index contributed by atoms with van der Waals surface area (Å²) in [6, 6.07) is 3.64. The van der Waals surface area contributed by atoms with E-state index in [0.29, 0.717) is 12.8 Å². The molecule has 20 heavy (non-hydrogen) atoms. The van der Waals surface area contributed by atoms with E-state index in [4.69, 9.17) is 5.11 Å². The van der Waals surface area contributed by atoms with Gasteiger partial charge in [0.15, 0.2) is 0 Å². The van der Waals surface area contributed by atoms with Crippen LogP contribution in [0.25, 0.3) is 0 Å². The minimum atomic E-state index is -0.789. The molecule has 3 unspecified atom stereocenters. The number of amides is 1. The standard InChI is InChI=1S/C15H20N2O3/c1-10(13-6-3-7-16-9-13)17-14(18)11-4-2-5-12(8-11)15(19)20/h3,6-7,9-12H,2,4-5,8H2,1H3,(H,17,18)(H,19,20). The second-order valence-corrected chi connectivity index (χ2v) is 5.42. The van der Waals surface area contributed by atoms with Crippen molar-refractivity contribution in [3.63, 3.8) is 0 Å². The molecule has 5 nitrogen and oxygen atoms in total. The van der Waals surface area contributed by atoms with Crippen molar-refractivity contribution >= 4 is 11.9 Å². The maximum absolute atomic E-state index is 12.2. The Kier molecular flexibility index (Phi) is 4.71. The molecule has 2 rings (SSSR count). The average Bonchev–Trinajstić information content (AvgIpc) is 2.48. The van der Waals surface area contributed by atoms with Crippen LogP contribution in [0.5, 0.6) is 0 Å². The zero-order valence-electron chi connectivity index (χ0n) is 11.6. The molecule has 1 aliphatic carbocycles. The SMILES string of the molecule is CC(NC(=O)C1CCCC(C(=O)O)C1)c1cccnc1. The molecule has 1 heterocycles. The normalized spacial score (nSPS) is 23.9. The number of carbonyl (C=O) groups excluding carboxylic acids is 1. The summed E-state index contributed by atoms with van der Waals surface area (Å²) in [6.45, 7) is 1.91. The Bertz CT molecular complexity index is 475. The first-order chi connectivity index (χ1) is 9.58. The zero-order valence-corrected chi connectivity index (χ0v) is 11.6. The van der Waals surface area contributed by atoms with Gasteiger partial charge in [0.1, 0.15) is 0 Å². The Morgan fingerprint density at radius 2 is 2.15 bits per heavy atom. The zero-order chi connectivity index (χ0) is 14.5. The van der Waals surface area contributed by atoms with Gasteiger partial charge < -0.3 is 10.4 Å². The third kappa shape index (κ3) is 3.56. The van der Waals surface area contributed by atoms with Crippen molar-refractivity contribution in [1.82, 2.24) is 10.3 Å². The lowest BCUT2D eigenvalue weighted by Crippen LogP contribution is -2.36. The molecule has 1 aromatic rings. The number of nitrogens with zero attached hydrogens (tertiary/aromatic N) is 1. The van der Waals surface area contributed by atoms with Crippen LogP contribution in [0.4, 0.5) is 0 Å². The van der Waals surface area contributed by atoms with Crippen molar-refractivity contribution in [3.05, 3.63) is 30.1 Å². The summed E-state index contributed by atoms with van der Waals surface area (Å²) in [5.74, 6) is -1.41. The van der Waals surface area contributed by atoms with Crippen LogP contribution < -0.4 is 5.32 Å². The summed E-state index contributed by atoms with van der Waals surface area (Å²) in [5.41, 5.74) is 0.950. The number of carbonyl (C=O) groups is 2. The first-order valence-corrected chi connectivity index (χ1v) is 7.01. The molecule has 5 heteroatoms. The fourth-order valence-electron chi connectivity index (χ4n) is 2.70. The van der Waals surface area contributed by atoms with E-state index in [1.807, 2.05) is 19.1 Å². The van der Waals surface area contributed by atoms with Gasteiger partial charge in [0.05, 0.1) is 12.0 Å². The van der Waals surface area contributed by atoms with Crippen molar-refractivity contribution in [3.8, 4) is 0 Å². The smallest absolute Gasteiger partial charge is 0.306 e. The van der Waals surface area contributed by atoms with Crippen LogP contribution in [0, 0.1) is 11.8 Å². The van der Waals surface area contributed by atoms with E-state index in [0.717, 1.165) is 18.4 Å². The maximum Gasteiger partial charge on any atom is 0.306 e. The Balaban J connectivity index is 1.93. The molecule has 108 valence electrons. The van der Waals surface area contributed by atoms with Gasteiger partial charge in [-0.15, -0.1) is 0 Å². The van der Waals surface area contributed by atoms with Crippen LogP contribution >= 0.6 is 0 Å². The Morgan fingerprint density at radius 1 is 1.40 bits per heavy atom. The Morgan fingerprint density at radius 3 is 2.80 bits per heavy atom. The number of pyridine rings is 1. The second kappa shape index (κ2) is 6.50. The van der Waals surface area contributed by atoms with Gasteiger partial charge in [-0.25, -0.2) is 0 Å². The molecular weight excluding hydrogens is 256 g/mol. The molecule has 1 aliphatic rings. The van der Waals surface area contributed by atoms with Crippen molar-refractivity contribution in [2.75, 3.05) is 0 Å². The summed E-state index contributed by atoms with van der Waals surface area (Å²) >= 11 is 0. The lowest BCUT2D eigenvalue weighted by Gasteiger charge is -2.27. The topological polar surface area (TPSA) is 79.3 Å². The molecule has 1 fully saturated rings. The quantitative estimate of drug-likeness (QED) is 0.883. The maximum atomic E-state index is 12.2. The number of nitrogens with one attached hydrogen (secondary N) is 1. The van der Waals surface area contributed by atoms with Crippen LogP contribution in [0.3, 0.4) is 0 Å². The van der Waals surface area contributed by atoms with E-state index < -0.39 is 5.97 Å². The van der Waals surface area contributed by atoms with Gasteiger partial charge in [-0.05, 0) is 37.8 Å². The number of aromatic nitrogens is 1. The minimum absolute atomic E-state index is 0.0488. The van der Waals surface area contributed by atoms with Gasteiger partial charge in [-0.3, -0.25) is 14.6 Å². The van der Waals surface area contributed by atoms with Gasteiger partial charge in [-0.1, -0.05) is 12.5 Å². The van der Waals surface area contributed by atoms with E-state index in [-0.39, 0.29) is 23.8 Å². The van der Waals surface area contributed by atoms with E-state index in [1.54, 1.807) is 12.4 Å². The highest BCUT2D eigenvalue weighted by molar-refractivity contribution is 5.80. The summed E-state index contributed by atoms with van der Waals surface area (Å²) in [7, 11) is 0. The van der Waals surface area contributed by atoms with Gasteiger partial charge in [0.2, 0.25) is 5.91 Å². The largest absolute Gasteiger partial charge is 0.481 e. The number of aliphatic carboxylic acids is 1. The van der Waals surface area contributed by atoms with Gasteiger partial charge in [0, 0.05) is 18.3 Å². The number of rotatable bonds is 4. The van der Waals surface area contributed by atoms with E-state index in [9.17, 15) is 9.59 Å². The highest BCUT2D eigenvalue weighted by Gasteiger charge is 2.31. The predicted molar refractivity (Wildman–Crippen MR) is 73.9 cm³/mol. The molecule has 0 aliphatic heterocycles. The predicted octanol–water partition coefficient (Wildman–Crippen LogP) is 2.15. The van der Waals surface area contributed by atoms with E-state index in [2.05, 4.69) is 10.3 Å². The first kappa shape index (κ1) is 14.5. The van der Waals surface area contributed by atoms with E-state index >= 15 is 0 Å². The van der Waals surface area contributed by atoms with Crippen LogP contribution in [-0.2, 0) is 9.59 Å². The van der Waals surface area contributed by atoms with E-state index in [1.165, 1.54) is 0 Å².